The number of thiazole rings is 1. The minimum absolute atomic E-state index is 0.0434. The zero-order valence-corrected chi connectivity index (χ0v) is 12.5. The molecule has 0 saturated carbocycles. The molecule has 0 fully saturated rings. The monoisotopic (exact) mass is 290 g/mol. The molecule has 106 valence electrons. The highest BCUT2D eigenvalue weighted by molar-refractivity contribution is 7.12. The number of nitrogens with zero attached hydrogens (tertiary/aromatic N) is 1. The highest BCUT2D eigenvalue weighted by Crippen LogP contribution is 2.28. The van der Waals surface area contributed by atoms with Crippen molar-refractivity contribution in [2.75, 3.05) is 13.2 Å². The molecule has 5 heteroatoms. The van der Waals surface area contributed by atoms with Crippen LogP contribution in [-0.2, 0) is 11.2 Å². The van der Waals surface area contributed by atoms with Gasteiger partial charge in [-0.05, 0) is 13.8 Å². The minimum Gasteiger partial charge on any atom is -0.395 e. The van der Waals surface area contributed by atoms with Crippen LogP contribution in [-0.4, -0.2) is 29.1 Å². The number of carbonyl (C=O) groups excluding carboxylic acids is 1. The first kappa shape index (κ1) is 14.7. The first-order valence-electron chi connectivity index (χ1n) is 6.51. The molecule has 0 aliphatic rings. The number of carbonyl (C=O) groups is 1. The lowest BCUT2D eigenvalue weighted by Gasteiger charge is -2.04. The van der Waals surface area contributed by atoms with Crippen molar-refractivity contribution in [1.82, 2.24) is 10.3 Å². The van der Waals surface area contributed by atoms with Gasteiger partial charge in [-0.25, -0.2) is 4.98 Å². The number of hydrogen-bond donors (Lipinski definition) is 2. The standard InChI is InChI=1S/C15H18N2O2S/c1-10-3-5-12(6-4-10)15-13(20-11(2)17-15)9-14(19)16-7-8-18/h3-6,18H,7-9H2,1-2H3,(H,16,19). The van der Waals surface area contributed by atoms with E-state index in [2.05, 4.69) is 10.3 Å². The molecular formula is C15H18N2O2S. The summed E-state index contributed by atoms with van der Waals surface area (Å²) in [4.78, 5) is 17.3. The molecule has 0 unspecified atom stereocenters. The molecule has 2 rings (SSSR count). The Kier molecular flexibility index (Phi) is 4.87. The van der Waals surface area contributed by atoms with Crippen molar-refractivity contribution in [3.05, 3.63) is 39.7 Å². The first-order valence-corrected chi connectivity index (χ1v) is 7.32. The number of hydrogen-bond acceptors (Lipinski definition) is 4. The largest absolute Gasteiger partial charge is 0.395 e. The molecule has 2 N–H and O–H groups in total. The SMILES string of the molecule is Cc1ccc(-c2nc(C)sc2CC(=O)NCCO)cc1. The molecule has 0 aliphatic carbocycles. The van der Waals surface area contributed by atoms with Crippen LogP contribution in [0.4, 0.5) is 0 Å². The van der Waals surface area contributed by atoms with Gasteiger partial charge in [0.2, 0.25) is 5.91 Å². The Balaban J connectivity index is 2.22. The van der Waals surface area contributed by atoms with Crippen LogP contribution in [0.5, 0.6) is 0 Å². The molecule has 1 aromatic carbocycles. The maximum absolute atomic E-state index is 11.8. The van der Waals surface area contributed by atoms with Crippen molar-refractivity contribution in [2.45, 2.75) is 20.3 Å². The normalized spacial score (nSPS) is 10.6. The Morgan fingerprint density at radius 2 is 2.00 bits per heavy atom. The lowest BCUT2D eigenvalue weighted by molar-refractivity contribution is -0.120. The van der Waals surface area contributed by atoms with Crippen LogP contribution in [0.25, 0.3) is 11.3 Å². The molecule has 0 bridgehead atoms. The number of nitrogens with one attached hydrogen (secondary N) is 1. The van der Waals surface area contributed by atoms with Gasteiger partial charge < -0.3 is 10.4 Å². The maximum Gasteiger partial charge on any atom is 0.225 e. The van der Waals surface area contributed by atoms with Crippen molar-refractivity contribution in [3.8, 4) is 11.3 Å². The smallest absolute Gasteiger partial charge is 0.225 e. The van der Waals surface area contributed by atoms with E-state index in [1.54, 1.807) is 11.3 Å². The summed E-state index contributed by atoms with van der Waals surface area (Å²) in [7, 11) is 0. The maximum atomic E-state index is 11.8. The van der Waals surface area contributed by atoms with Crippen molar-refractivity contribution in [1.29, 1.82) is 0 Å². The van der Waals surface area contributed by atoms with Crippen LogP contribution in [0.1, 0.15) is 15.4 Å². The molecule has 1 aromatic heterocycles. The molecule has 1 heterocycles. The average molecular weight is 290 g/mol. The van der Waals surface area contributed by atoms with Crippen LogP contribution in [0.3, 0.4) is 0 Å². The van der Waals surface area contributed by atoms with Crippen LogP contribution in [0.15, 0.2) is 24.3 Å². The number of aromatic nitrogens is 1. The number of rotatable bonds is 5. The Bertz CT molecular complexity index is 590. The number of aliphatic hydroxyl groups is 1. The number of aryl methyl sites for hydroxylation is 2. The minimum atomic E-state index is -0.0870. The van der Waals surface area contributed by atoms with Crippen LogP contribution in [0, 0.1) is 13.8 Å². The average Bonchev–Trinajstić information content (AvgIpc) is 2.78. The molecule has 20 heavy (non-hydrogen) atoms. The summed E-state index contributed by atoms with van der Waals surface area (Å²) < 4.78 is 0. The van der Waals surface area contributed by atoms with E-state index in [0.717, 1.165) is 21.1 Å². The van der Waals surface area contributed by atoms with Gasteiger partial charge in [0.15, 0.2) is 0 Å². The van der Waals surface area contributed by atoms with Gasteiger partial charge >= 0.3 is 0 Å². The molecule has 0 saturated heterocycles. The van der Waals surface area contributed by atoms with Gasteiger partial charge in [0.1, 0.15) is 0 Å². The van der Waals surface area contributed by atoms with E-state index in [1.807, 2.05) is 38.1 Å². The highest BCUT2D eigenvalue weighted by Gasteiger charge is 2.14. The Labute approximate surface area is 122 Å². The Morgan fingerprint density at radius 1 is 1.30 bits per heavy atom. The van der Waals surface area contributed by atoms with Crippen LogP contribution >= 0.6 is 11.3 Å². The molecule has 4 nitrogen and oxygen atoms in total. The van der Waals surface area contributed by atoms with Crippen molar-refractivity contribution < 1.29 is 9.90 Å². The second kappa shape index (κ2) is 6.63. The fraction of sp³-hybridized carbons (Fsp3) is 0.333. The molecule has 2 aromatic rings. The molecule has 0 aliphatic heterocycles. The highest BCUT2D eigenvalue weighted by atomic mass is 32.1. The van der Waals surface area contributed by atoms with Gasteiger partial charge in [0, 0.05) is 17.0 Å². The molecular weight excluding hydrogens is 272 g/mol. The topological polar surface area (TPSA) is 62.2 Å². The second-order valence-electron chi connectivity index (χ2n) is 4.62. The van der Waals surface area contributed by atoms with E-state index in [1.165, 1.54) is 5.56 Å². The summed E-state index contributed by atoms with van der Waals surface area (Å²) in [6.07, 6.45) is 0.300. The van der Waals surface area contributed by atoms with Crippen molar-refractivity contribution in [2.24, 2.45) is 0 Å². The number of amides is 1. The fourth-order valence-electron chi connectivity index (χ4n) is 1.93. The lowest BCUT2D eigenvalue weighted by atomic mass is 10.1. The van der Waals surface area contributed by atoms with Gasteiger partial charge in [-0.1, -0.05) is 29.8 Å². The number of aliphatic hydroxyl groups excluding tert-OH is 1. The van der Waals surface area contributed by atoms with E-state index in [0.29, 0.717) is 6.42 Å². The Hall–Kier alpha value is -1.72. The third-order valence-electron chi connectivity index (χ3n) is 2.88. The van der Waals surface area contributed by atoms with Gasteiger partial charge in [0.25, 0.3) is 0 Å². The van der Waals surface area contributed by atoms with Gasteiger partial charge in [-0.15, -0.1) is 11.3 Å². The molecule has 1 amide bonds. The van der Waals surface area contributed by atoms with E-state index in [4.69, 9.17) is 5.11 Å². The van der Waals surface area contributed by atoms with E-state index in [9.17, 15) is 4.79 Å². The number of benzene rings is 1. The predicted octanol–water partition coefficient (Wildman–Crippen LogP) is 2.08. The molecule has 0 atom stereocenters. The van der Waals surface area contributed by atoms with Crippen LogP contribution < -0.4 is 5.32 Å². The zero-order chi connectivity index (χ0) is 14.5. The predicted molar refractivity (Wildman–Crippen MR) is 80.8 cm³/mol. The Morgan fingerprint density at radius 3 is 2.65 bits per heavy atom. The van der Waals surface area contributed by atoms with Crippen molar-refractivity contribution in [3.63, 3.8) is 0 Å². The van der Waals surface area contributed by atoms with E-state index in [-0.39, 0.29) is 19.1 Å². The third-order valence-corrected chi connectivity index (χ3v) is 3.86. The van der Waals surface area contributed by atoms with Gasteiger partial charge in [-0.2, -0.15) is 0 Å². The first-order chi connectivity index (χ1) is 9.60. The van der Waals surface area contributed by atoms with Gasteiger partial charge in [-0.3, -0.25) is 4.79 Å². The zero-order valence-electron chi connectivity index (χ0n) is 11.6. The molecule has 0 radical (unpaired) electrons. The van der Waals surface area contributed by atoms with Gasteiger partial charge in [0.05, 0.1) is 23.7 Å². The van der Waals surface area contributed by atoms with Crippen molar-refractivity contribution >= 4 is 17.2 Å². The van der Waals surface area contributed by atoms with E-state index < -0.39 is 0 Å². The summed E-state index contributed by atoms with van der Waals surface area (Å²) >= 11 is 1.54. The summed E-state index contributed by atoms with van der Waals surface area (Å²) in [5.74, 6) is -0.0870. The summed E-state index contributed by atoms with van der Waals surface area (Å²) in [6.45, 7) is 4.23. The molecule has 0 spiro atoms. The summed E-state index contributed by atoms with van der Waals surface area (Å²) in [5.41, 5.74) is 3.11. The lowest BCUT2D eigenvalue weighted by Crippen LogP contribution is -2.27. The quantitative estimate of drug-likeness (QED) is 0.886. The van der Waals surface area contributed by atoms with Crippen LogP contribution in [0.2, 0.25) is 0 Å². The summed E-state index contributed by atoms with van der Waals surface area (Å²) in [6, 6.07) is 8.14. The third kappa shape index (κ3) is 3.65. The summed E-state index contributed by atoms with van der Waals surface area (Å²) in [5, 5.41) is 12.3. The van der Waals surface area contributed by atoms with E-state index >= 15 is 0 Å². The second-order valence-corrected chi connectivity index (χ2v) is 5.91. The fourth-order valence-corrected chi connectivity index (χ4v) is 2.89.